The zero-order valence-electron chi connectivity index (χ0n) is 8.61. The Morgan fingerprint density at radius 2 is 1.82 bits per heavy atom. The number of rotatable bonds is 4. The quantitative estimate of drug-likeness (QED) is 0.514. The molecule has 1 N–H and O–H groups in total. The van der Waals surface area contributed by atoms with Crippen molar-refractivity contribution in [3.63, 3.8) is 0 Å². The van der Waals surface area contributed by atoms with Crippen LogP contribution < -0.4 is 5.32 Å². The monoisotopic (exact) mass is 177 g/mol. The minimum atomic E-state index is -0.136. The molecule has 0 aliphatic heterocycles. The fourth-order valence-electron chi connectivity index (χ4n) is 0.463. The average molecular weight is 177 g/mol. The number of hydrogen-bond donors (Lipinski definition) is 1. The predicted molar refractivity (Wildman–Crippen MR) is 54.8 cm³/mol. The van der Waals surface area contributed by atoms with E-state index in [2.05, 4.69) is 26.1 Å². The van der Waals surface area contributed by atoms with Crippen LogP contribution in [0.1, 0.15) is 27.2 Å². The molecule has 0 atom stereocenters. The summed E-state index contributed by atoms with van der Waals surface area (Å²) in [5.41, 5.74) is 0. The summed E-state index contributed by atoms with van der Waals surface area (Å²) in [5, 5.41) is 2.75. The fraction of sp³-hybridized carbons (Fsp3) is 1.00. The molecule has 11 heavy (non-hydrogen) atoms. The maximum absolute atomic E-state index is 5.42. The highest BCUT2D eigenvalue weighted by atomic mass is 28.2. The Bertz CT molecular complexity index is 60.1. The third kappa shape index (κ3) is 25.4. The molecule has 70 valence electrons. The third-order valence-corrected chi connectivity index (χ3v) is 2.85. The molecule has 0 amide bonds. The second-order valence-corrected chi connectivity index (χ2v) is 4.22. The molecule has 0 rings (SSSR count). The maximum atomic E-state index is 5.42. The van der Waals surface area contributed by atoms with Gasteiger partial charge in [0.05, 0.1) is 0 Å². The minimum absolute atomic E-state index is 0.136. The van der Waals surface area contributed by atoms with Crippen LogP contribution in [-0.2, 0) is 4.43 Å². The number of nitrogens with one attached hydrogen (secondary N) is 1. The first kappa shape index (κ1) is 13.7. The summed E-state index contributed by atoms with van der Waals surface area (Å²) in [6.45, 7) is 6.40. The van der Waals surface area contributed by atoms with Crippen LogP contribution in [0.25, 0.3) is 0 Å². The molecule has 0 saturated heterocycles. The SMILES string of the molecule is CCC[SiH2]OC(C)C.CNC. The highest BCUT2D eigenvalue weighted by Crippen LogP contribution is 1.90. The van der Waals surface area contributed by atoms with E-state index in [1.54, 1.807) is 0 Å². The lowest BCUT2D eigenvalue weighted by atomic mass is 10.5. The lowest BCUT2D eigenvalue weighted by Gasteiger charge is -2.04. The summed E-state index contributed by atoms with van der Waals surface area (Å²) in [4.78, 5) is 0. The minimum Gasteiger partial charge on any atom is -0.422 e. The Morgan fingerprint density at radius 1 is 1.36 bits per heavy atom. The van der Waals surface area contributed by atoms with Gasteiger partial charge in [-0.3, -0.25) is 0 Å². The van der Waals surface area contributed by atoms with Crippen molar-refractivity contribution in [1.29, 1.82) is 0 Å². The topological polar surface area (TPSA) is 21.3 Å². The van der Waals surface area contributed by atoms with Crippen molar-refractivity contribution in [3.8, 4) is 0 Å². The molecule has 0 aliphatic rings. The van der Waals surface area contributed by atoms with Crippen LogP contribution in [0.4, 0.5) is 0 Å². The van der Waals surface area contributed by atoms with E-state index in [1.165, 1.54) is 12.5 Å². The molecule has 2 nitrogen and oxygen atoms in total. The van der Waals surface area contributed by atoms with Crippen LogP contribution in [0, 0.1) is 0 Å². The Morgan fingerprint density at radius 3 is 2.09 bits per heavy atom. The van der Waals surface area contributed by atoms with Gasteiger partial charge in [-0.2, -0.15) is 0 Å². The molecule has 0 bridgehead atoms. The summed E-state index contributed by atoms with van der Waals surface area (Å²) >= 11 is 0. The van der Waals surface area contributed by atoms with Crippen molar-refractivity contribution < 1.29 is 4.43 Å². The lowest BCUT2D eigenvalue weighted by Crippen LogP contribution is -2.05. The third-order valence-electron chi connectivity index (χ3n) is 0.949. The highest BCUT2D eigenvalue weighted by molar-refractivity contribution is 6.27. The molecule has 0 spiro atoms. The van der Waals surface area contributed by atoms with E-state index in [4.69, 9.17) is 4.43 Å². The van der Waals surface area contributed by atoms with Gasteiger partial charge in [0.1, 0.15) is 0 Å². The van der Waals surface area contributed by atoms with E-state index in [0.717, 1.165) is 0 Å². The summed E-state index contributed by atoms with van der Waals surface area (Å²) in [7, 11) is 3.61. The van der Waals surface area contributed by atoms with Crippen molar-refractivity contribution >= 4 is 9.76 Å². The van der Waals surface area contributed by atoms with Gasteiger partial charge in [0.2, 0.25) is 0 Å². The maximum Gasteiger partial charge on any atom is 0.161 e. The molecule has 0 aromatic heterocycles. The van der Waals surface area contributed by atoms with Gasteiger partial charge in [0.25, 0.3) is 0 Å². The molecule has 0 fully saturated rings. The molecule has 0 aromatic carbocycles. The summed E-state index contributed by atoms with van der Waals surface area (Å²) in [6, 6.07) is 1.33. The Labute approximate surface area is 73.7 Å². The van der Waals surface area contributed by atoms with Gasteiger partial charge >= 0.3 is 0 Å². The van der Waals surface area contributed by atoms with Crippen molar-refractivity contribution in [2.45, 2.75) is 39.3 Å². The van der Waals surface area contributed by atoms with Gasteiger partial charge in [0.15, 0.2) is 9.76 Å². The van der Waals surface area contributed by atoms with Gasteiger partial charge < -0.3 is 9.74 Å². The zero-order valence-corrected chi connectivity index (χ0v) is 10.0. The molecule has 0 aliphatic carbocycles. The van der Waals surface area contributed by atoms with E-state index < -0.39 is 0 Å². The lowest BCUT2D eigenvalue weighted by molar-refractivity contribution is 0.255. The molecule has 3 heteroatoms. The van der Waals surface area contributed by atoms with Crippen molar-refractivity contribution in [2.24, 2.45) is 0 Å². The summed E-state index contributed by atoms with van der Waals surface area (Å²) in [5.74, 6) is 0. The molecule has 0 aromatic rings. The van der Waals surface area contributed by atoms with Gasteiger partial charge in [-0.05, 0) is 34.0 Å². The van der Waals surface area contributed by atoms with E-state index in [0.29, 0.717) is 6.10 Å². The molecular weight excluding hydrogens is 154 g/mol. The van der Waals surface area contributed by atoms with Crippen LogP contribution in [0.15, 0.2) is 0 Å². The van der Waals surface area contributed by atoms with E-state index in [1.807, 2.05) is 14.1 Å². The molecule has 0 unspecified atom stereocenters. The fourth-order valence-corrected chi connectivity index (χ4v) is 1.39. The van der Waals surface area contributed by atoms with Gasteiger partial charge in [-0.1, -0.05) is 13.3 Å². The largest absolute Gasteiger partial charge is 0.422 e. The van der Waals surface area contributed by atoms with E-state index in [-0.39, 0.29) is 9.76 Å². The van der Waals surface area contributed by atoms with Crippen LogP contribution in [-0.4, -0.2) is 30.0 Å². The molecular formula is C8H23NOSi. The summed E-state index contributed by atoms with van der Waals surface area (Å²) < 4.78 is 5.42. The van der Waals surface area contributed by atoms with Crippen molar-refractivity contribution in [2.75, 3.05) is 14.1 Å². The summed E-state index contributed by atoms with van der Waals surface area (Å²) in [6.07, 6.45) is 1.76. The molecule has 0 radical (unpaired) electrons. The predicted octanol–water partition coefficient (Wildman–Crippen LogP) is 1.16. The Kier molecular flexibility index (Phi) is 15.9. The van der Waals surface area contributed by atoms with Crippen LogP contribution in [0.3, 0.4) is 0 Å². The van der Waals surface area contributed by atoms with E-state index in [9.17, 15) is 0 Å². The second-order valence-electron chi connectivity index (χ2n) is 2.77. The highest BCUT2D eigenvalue weighted by Gasteiger charge is 1.90. The van der Waals surface area contributed by atoms with Crippen LogP contribution >= 0.6 is 0 Å². The Hall–Kier alpha value is 0.137. The van der Waals surface area contributed by atoms with Gasteiger partial charge in [0, 0.05) is 6.10 Å². The first-order chi connectivity index (χ1) is 5.18. The standard InChI is InChI=1S/C6H16OSi.C2H7N/c1-4-5-8-7-6(2)3;1-3-2/h6H,4-5,8H2,1-3H3;3H,1-2H3. The normalized spacial score (nSPS) is 10.4. The smallest absolute Gasteiger partial charge is 0.161 e. The van der Waals surface area contributed by atoms with Crippen LogP contribution in [0.2, 0.25) is 6.04 Å². The second kappa shape index (κ2) is 12.8. The van der Waals surface area contributed by atoms with Gasteiger partial charge in [-0.15, -0.1) is 0 Å². The van der Waals surface area contributed by atoms with Crippen molar-refractivity contribution in [3.05, 3.63) is 0 Å². The average Bonchev–Trinajstić information content (AvgIpc) is 1.89. The number of hydrogen-bond acceptors (Lipinski definition) is 2. The van der Waals surface area contributed by atoms with E-state index >= 15 is 0 Å². The van der Waals surface area contributed by atoms with Crippen LogP contribution in [0.5, 0.6) is 0 Å². The molecule has 0 saturated carbocycles. The van der Waals surface area contributed by atoms with Crippen molar-refractivity contribution in [1.82, 2.24) is 5.32 Å². The first-order valence-electron chi connectivity index (χ1n) is 4.39. The zero-order chi connectivity index (χ0) is 9.11. The first-order valence-corrected chi connectivity index (χ1v) is 5.96. The Balaban J connectivity index is 0. The van der Waals surface area contributed by atoms with Gasteiger partial charge in [-0.25, -0.2) is 0 Å². The molecule has 0 heterocycles.